The van der Waals surface area contributed by atoms with Crippen molar-refractivity contribution in [2.45, 2.75) is 57.5 Å². The summed E-state index contributed by atoms with van der Waals surface area (Å²) in [6, 6.07) is 0. The minimum atomic E-state index is 0.213. The van der Waals surface area contributed by atoms with Gasteiger partial charge < -0.3 is 9.84 Å². The van der Waals surface area contributed by atoms with Crippen LogP contribution in [-0.4, -0.2) is 23.9 Å². The highest BCUT2D eigenvalue weighted by Crippen LogP contribution is 2.36. The minimum Gasteiger partial charge on any atom is -0.396 e. The molecule has 0 saturated carbocycles. The number of aliphatic hydroxyl groups is 1. The van der Waals surface area contributed by atoms with Crippen LogP contribution in [-0.2, 0) is 4.74 Å². The van der Waals surface area contributed by atoms with E-state index in [2.05, 4.69) is 6.92 Å². The first-order valence-corrected chi connectivity index (χ1v) is 5.58. The van der Waals surface area contributed by atoms with Gasteiger partial charge in [0.15, 0.2) is 0 Å². The Balaban J connectivity index is 2.15. The lowest BCUT2D eigenvalue weighted by Gasteiger charge is -2.42. The maximum absolute atomic E-state index is 8.69. The average molecular weight is 186 g/mol. The molecule has 0 bridgehead atoms. The average Bonchev–Trinajstić information content (AvgIpc) is 2.08. The molecule has 1 heterocycles. The molecule has 13 heavy (non-hydrogen) atoms. The summed E-state index contributed by atoms with van der Waals surface area (Å²) >= 11 is 0. The molecule has 78 valence electrons. The Labute approximate surface area is 81.3 Å². The molecule has 0 aromatic carbocycles. The van der Waals surface area contributed by atoms with Gasteiger partial charge in [0.2, 0.25) is 0 Å². The topological polar surface area (TPSA) is 29.5 Å². The molecule has 0 radical (unpaired) electrons. The summed E-state index contributed by atoms with van der Waals surface area (Å²) in [5.41, 5.74) is 0.213. The lowest BCUT2D eigenvalue weighted by atomic mass is 9.84. The lowest BCUT2D eigenvalue weighted by molar-refractivity contribution is -0.157. The predicted molar refractivity (Wildman–Crippen MR) is 53.8 cm³/mol. The van der Waals surface area contributed by atoms with Gasteiger partial charge in [-0.15, -0.1) is 0 Å². The maximum atomic E-state index is 8.69. The van der Waals surface area contributed by atoms with Crippen LogP contribution in [0.3, 0.4) is 0 Å². The van der Waals surface area contributed by atoms with Crippen molar-refractivity contribution in [2.24, 2.45) is 0 Å². The lowest BCUT2D eigenvalue weighted by Crippen LogP contribution is -2.43. The molecule has 1 atom stereocenters. The Morgan fingerprint density at radius 1 is 1.23 bits per heavy atom. The summed E-state index contributed by atoms with van der Waals surface area (Å²) in [5.74, 6) is 0. The van der Waals surface area contributed by atoms with Gasteiger partial charge in [-0.1, -0.05) is 19.8 Å². The monoisotopic (exact) mass is 186 g/mol. The second-order valence-electron chi connectivity index (χ2n) is 4.07. The van der Waals surface area contributed by atoms with Gasteiger partial charge in [0.05, 0.1) is 12.2 Å². The van der Waals surface area contributed by atoms with Gasteiger partial charge in [-0.05, 0) is 32.1 Å². The van der Waals surface area contributed by atoms with Crippen LogP contribution in [0.5, 0.6) is 0 Å². The van der Waals surface area contributed by atoms with E-state index in [0.29, 0.717) is 6.61 Å². The number of rotatable bonds is 7. The summed E-state index contributed by atoms with van der Waals surface area (Å²) < 4.78 is 5.69. The summed E-state index contributed by atoms with van der Waals surface area (Å²) in [4.78, 5) is 0. The van der Waals surface area contributed by atoms with Crippen molar-refractivity contribution in [2.75, 3.05) is 13.2 Å². The van der Waals surface area contributed by atoms with Crippen LogP contribution in [0.25, 0.3) is 0 Å². The first-order chi connectivity index (χ1) is 6.33. The number of hydrogen-bond acceptors (Lipinski definition) is 2. The fourth-order valence-corrected chi connectivity index (χ4v) is 1.97. The van der Waals surface area contributed by atoms with Crippen molar-refractivity contribution in [1.82, 2.24) is 0 Å². The maximum Gasteiger partial charge on any atom is 0.0704 e. The highest BCUT2D eigenvalue weighted by Gasteiger charge is 2.36. The molecule has 1 saturated heterocycles. The summed E-state index contributed by atoms with van der Waals surface area (Å²) in [6.45, 7) is 3.49. The Morgan fingerprint density at radius 2 is 1.92 bits per heavy atom. The van der Waals surface area contributed by atoms with Crippen LogP contribution in [0.4, 0.5) is 0 Å². The largest absolute Gasteiger partial charge is 0.396 e. The smallest absolute Gasteiger partial charge is 0.0704 e. The van der Waals surface area contributed by atoms with Gasteiger partial charge in [0, 0.05) is 6.61 Å². The SMILES string of the molecule is CCCCC1(CCCCO)CCO1. The van der Waals surface area contributed by atoms with Crippen LogP contribution >= 0.6 is 0 Å². The molecule has 0 spiro atoms. The third kappa shape index (κ3) is 3.28. The molecule has 0 aromatic rings. The fourth-order valence-electron chi connectivity index (χ4n) is 1.97. The second kappa shape index (κ2) is 5.61. The Kier molecular flexibility index (Phi) is 4.74. The van der Waals surface area contributed by atoms with Crippen molar-refractivity contribution in [3.8, 4) is 0 Å². The first-order valence-electron chi connectivity index (χ1n) is 5.58. The molecular weight excluding hydrogens is 164 g/mol. The van der Waals surface area contributed by atoms with Crippen LogP contribution in [0.1, 0.15) is 51.9 Å². The molecular formula is C11H22O2. The molecule has 0 aliphatic carbocycles. The van der Waals surface area contributed by atoms with Crippen LogP contribution in [0, 0.1) is 0 Å². The molecule has 1 fully saturated rings. The first kappa shape index (κ1) is 11.0. The van der Waals surface area contributed by atoms with Crippen molar-refractivity contribution < 1.29 is 9.84 Å². The van der Waals surface area contributed by atoms with E-state index in [1.807, 2.05) is 0 Å². The molecule has 0 amide bonds. The van der Waals surface area contributed by atoms with Crippen molar-refractivity contribution in [3.63, 3.8) is 0 Å². The molecule has 1 aliphatic heterocycles. The van der Waals surface area contributed by atoms with Crippen LogP contribution in [0.15, 0.2) is 0 Å². The third-order valence-corrected chi connectivity index (χ3v) is 2.99. The second-order valence-corrected chi connectivity index (χ2v) is 4.07. The highest BCUT2D eigenvalue weighted by molar-refractivity contribution is 4.87. The molecule has 2 nitrogen and oxygen atoms in total. The summed E-state index contributed by atoms with van der Waals surface area (Å²) in [7, 11) is 0. The van der Waals surface area contributed by atoms with Crippen molar-refractivity contribution in [3.05, 3.63) is 0 Å². The van der Waals surface area contributed by atoms with E-state index in [4.69, 9.17) is 9.84 Å². The number of hydrogen-bond donors (Lipinski definition) is 1. The summed E-state index contributed by atoms with van der Waals surface area (Å²) in [6.07, 6.45) is 8.17. The van der Waals surface area contributed by atoms with Crippen LogP contribution in [0.2, 0.25) is 0 Å². The van der Waals surface area contributed by atoms with Gasteiger partial charge in [-0.3, -0.25) is 0 Å². The quantitative estimate of drug-likeness (QED) is 0.619. The predicted octanol–water partition coefficient (Wildman–Crippen LogP) is 2.50. The van der Waals surface area contributed by atoms with Crippen molar-refractivity contribution >= 4 is 0 Å². The fraction of sp³-hybridized carbons (Fsp3) is 1.00. The van der Waals surface area contributed by atoms with Crippen LogP contribution < -0.4 is 0 Å². The van der Waals surface area contributed by atoms with E-state index < -0.39 is 0 Å². The van der Waals surface area contributed by atoms with E-state index in [0.717, 1.165) is 25.9 Å². The van der Waals surface area contributed by atoms with E-state index in [-0.39, 0.29) is 5.60 Å². The number of ether oxygens (including phenoxy) is 1. The molecule has 1 aliphatic rings. The normalized spacial score (nSPS) is 27.2. The number of unbranched alkanes of at least 4 members (excludes halogenated alkanes) is 2. The molecule has 1 rings (SSSR count). The van der Waals surface area contributed by atoms with Gasteiger partial charge in [0.1, 0.15) is 0 Å². The van der Waals surface area contributed by atoms with Gasteiger partial charge in [0.25, 0.3) is 0 Å². The Bertz CT molecular complexity index is 130. The Morgan fingerprint density at radius 3 is 2.38 bits per heavy atom. The van der Waals surface area contributed by atoms with E-state index in [1.54, 1.807) is 0 Å². The number of aliphatic hydroxyl groups excluding tert-OH is 1. The van der Waals surface area contributed by atoms with Gasteiger partial charge in [-0.2, -0.15) is 0 Å². The zero-order chi connectivity index (χ0) is 9.57. The van der Waals surface area contributed by atoms with E-state index in [1.165, 1.54) is 25.7 Å². The molecule has 2 heteroatoms. The highest BCUT2D eigenvalue weighted by atomic mass is 16.5. The zero-order valence-electron chi connectivity index (χ0n) is 8.72. The third-order valence-electron chi connectivity index (χ3n) is 2.99. The molecule has 1 N–H and O–H groups in total. The molecule has 1 unspecified atom stereocenters. The van der Waals surface area contributed by atoms with Gasteiger partial charge in [-0.25, -0.2) is 0 Å². The molecule has 0 aromatic heterocycles. The van der Waals surface area contributed by atoms with E-state index >= 15 is 0 Å². The standard InChI is InChI=1S/C11H22O2/c1-2-3-6-11(8-10-13-11)7-4-5-9-12/h12H,2-10H2,1H3. The zero-order valence-corrected chi connectivity index (χ0v) is 8.72. The van der Waals surface area contributed by atoms with Gasteiger partial charge >= 0.3 is 0 Å². The Hall–Kier alpha value is -0.0800. The summed E-state index contributed by atoms with van der Waals surface area (Å²) in [5, 5.41) is 8.69. The van der Waals surface area contributed by atoms with E-state index in [9.17, 15) is 0 Å². The van der Waals surface area contributed by atoms with Crippen molar-refractivity contribution in [1.29, 1.82) is 0 Å². The minimum absolute atomic E-state index is 0.213.